The van der Waals surface area contributed by atoms with Crippen LogP contribution in [0.1, 0.15) is 17.5 Å². The fraction of sp³-hybridized carbons (Fsp3) is 0.150. The van der Waals surface area contributed by atoms with Crippen molar-refractivity contribution in [3.63, 3.8) is 0 Å². The van der Waals surface area contributed by atoms with Gasteiger partial charge in [-0.15, -0.1) is 0 Å². The highest BCUT2D eigenvalue weighted by Crippen LogP contribution is 2.33. The molecular weight excluding hydrogens is 397 g/mol. The molecule has 0 N–H and O–H groups in total. The number of halogens is 1. The van der Waals surface area contributed by atoms with Crippen molar-refractivity contribution in [3.8, 4) is 16.9 Å². The Labute approximate surface area is 148 Å². The Morgan fingerprint density at radius 3 is 2.13 bits per heavy atom. The van der Waals surface area contributed by atoms with E-state index in [1.165, 1.54) is 9.13 Å². The minimum atomic E-state index is 0.142. The molecule has 0 fully saturated rings. The van der Waals surface area contributed by atoms with Gasteiger partial charge in [0.15, 0.2) is 0 Å². The van der Waals surface area contributed by atoms with Gasteiger partial charge in [-0.1, -0.05) is 48.5 Å². The first-order valence-corrected chi connectivity index (χ1v) is 8.92. The summed E-state index contributed by atoms with van der Waals surface area (Å²) in [6.45, 7) is 0. The molecule has 2 nitrogen and oxygen atoms in total. The minimum absolute atomic E-state index is 0.142. The first-order valence-electron chi connectivity index (χ1n) is 7.84. The molecule has 3 aromatic rings. The molecule has 2 aromatic carbocycles. The van der Waals surface area contributed by atoms with Crippen molar-refractivity contribution in [2.45, 2.75) is 19.3 Å². The number of rotatable bonds is 2. The quantitative estimate of drug-likeness (QED) is 0.563. The third kappa shape index (κ3) is 2.43. The maximum atomic E-state index is 13.2. The topological polar surface area (TPSA) is 22.0 Å². The summed E-state index contributed by atoms with van der Waals surface area (Å²) in [6, 6.07) is 20.2. The van der Waals surface area contributed by atoms with E-state index in [9.17, 15) is 4.79 Å². The molecule has 1 aliphatic carbocycles. The molecule has 0 aliphatic heterocycles. The van der Waals surface area contributed by atoms with Gasteiger partial charge in [0, 0.05) is 14.8 Å². The van der Waals surface area contributed by atoms with Gasteiger partial charge < -0.3 is 0 Å². The highest BCUT2D eigenvalue weighted by atomic mass is 127. The van der Waals surface area contributed by atoms with E-state index in [1.54, 1.807) is 0 Å². The summed E-state index contributed by atoms with van der Waals surface area (Å²) in [4.78, 5) is 13.2. The summed E-state index contributed by atoms with van der Waals surface area (Å²) in [7, 11) is 0. The van der Waals surface area contributed by atoms with Crippen molar-refractivity contribution in [1.29, 1.82) is 0 Å². The van der Waals surface area contributed by atoms with Gasteiger partial charge >= 0.3 is 0 Å². The number of benzene rings is 2. The van der Waals surface area contributed by atoms with Crippen LogP contribution in [0.15, 0.2) is 65.5 Å². The van der Waals surface area contributed by atoms with Gasteiger partial charge in [-0.25, -0.2) is 0 Å². The smallest absolute Gasteiger partial charge is 0.259 e. The third-order valence-electron chi connectivity index (χ3n) is 4.44. The maximum Gasteiger partial charge on any atom is 0.259 e. The Morgan fingerprint density at radius 1 is 0.826 bits per heavy atom. The summed E-state index contributed by atoms with van der Waals surface area (Å²) < 4.78 is 3.10. The SMILES string of the molecule is O=c1c2c(c(I)c(-c3ccccc3)n1-c1ccccc1)CCC2. The monoisotopic (exact) mass is 413 g/mol. The van der Waals surface area contributed by atoms with Gasteiger partial charge in [-0.05, 0) is 65.1 Å². The molecule has 3 heteroatoms. The average molecular weight is 413 g/mol. The van der Waals surface area contributed by atoms with Crippen molar-refractivity contribution >= 4 is 22.6 Å². The molecule has 4 rings (SSSR count). The summed E-state index contributed by atoms with van der Waals surface area (Å²) in [5, 5.41) is 0. The molecule has 0 unspecified atom stereocenters. The number of fused-ring (bicyclic) bond motifs is 1. The van der Waals surface area contributed by atoms with Crippen LogP contribution in [-0.4, -0.2) is 4.57 Å². The predicted octanol–water partition coefficient (Wildman–Crippen LogP) is 4.60. The molecule has 0 saturated carbocycles. The van der Waals surface area contributed by atoms with Crippen LogP contribution in [0.5, 0.6) is 0 Å². The lowest BCUT2D eigenvalue weighted by molar-refractivity contribution is 0.899. The van der Waals surface area contributed by atoms with Gasteiger partial charge in [0.25, 0.3) is 5.56 Å². The van der Waals surface area contributed by atoms with Crippen LogP contribution in [0.25, 0.3) is 16.9 Å². The predicted molar refractivity (Wildman–Crippen MR) is 102 cm³/mol. The second kappa shape index (κ2) is 5.96. The molecule has 1 heterocycles. The minimum Gasteiger partial charge on any atom is -0.276 e. The second-order valence-corrected chi connectivity index (χ2v) is 6.89. The normalized spacial score (nSPS) is 13.1. The van der Waals surface area contributed by atoms with Crippen molar-refractivity contribution < 1.29 is 0 Å². The zero-order valence-electron chi connectivity index (χ0n) is 12.6. The summed E-state index contributed by atoms with van der Waals surface area (Å²) in [6.07, 6.45) is 2.98. The van der Waals surface area contributed by atoms with E-state index in [0.29, 0.717) is 0 Å². The van der Waals surface area contributed by atoms with Gasteiger partial charge in [0.2, 0.25) is 0 Å². The van der Waals surface area contributed by atoms with Crippen LogP contribution < -0.4 is 5.56 Å². The Balaban J connectivity index is 2.12. The van der Waals surface area contributed by atoms with Crippen LogP contribution in [-0.2, 0) is 12.8 Å². The van der Waals surface area contributed by atoms with Crippen molar-refractivity contribution in [1.82, 2.24) is 4.57 Å². The zero-order valence-corrected chi connectivity index (χ0v) is 14.8. The largest absolute Gasteiger partial charge is 0.276 e. The molecule has 0 atom stereocenters. The molecule has 0 radical (unpaired) electrons. The highest BCUT2D eigenvalue weighted by Gasteiger charge is 2.24. The molecular formula is C20H16INO. The van der Waals surface area contributed by atoms with E-state index in [1.807, 2.05) is 53.1 Å². The second-order valence-electron chi connectivity index (χ2n) is 5.82. The fourth-order valence-corrected chi connectivity index (χ4v) is 4.52. The fourth-order valence-electron chi connectivity index (χ4n) is 3.37. The van der Waals surface area contributed by atoms with E-state index in [2.05, 4.69) is 34.7 Å². The number of hydrogen-bond donors (Lipinski definition) is 0. The molecule has 0 bridgehead atoms. The van der Waals surface area contributed by atoms with Crippen LogP contribution >= 0.6 is 22.6 Å². The zero-order chi connectivity index (χ0) is 15.8. The maximum absolute atomic E-state index is 13.2. The molecule has 0 saturated heterocycles. The summed E-state index contributed by atoms with van der Waals surface area (Å²) in [5.74, 6) is 0. The van der Waals surface area contributed by atoms with E-state index in [-0.39, 0.29) is 5.56 Å². The molecule has 23 heavy (non-hydrogen) atoms. The van der Waals surface area contributed by atoms with E-state index in [4.69, 9.17) is 0 Å². The van der Waals surface area contributed by atoms with Gasteiger partial charge in [-0.2, -0.15) is 0 Å². The Morgan fingerprint density at radius 2 is 1.43 bits per heavy atom. The standard InChI is InChI=1S/C20H16INO/c21-18-16-12-7-13-17(16)20(23)22(15-10-5-2-6-11-15)19(18)14-8-3-1-4-9-14/h1-6,8-11H,7,12-13H2. The summed E-state index contributed by atoms with van der Waals surface area (Å²) in [5.41, 5.74) is 5.43. The van der Waals surface area contributed by atoms with Crippen molar-refractivity contribution in [2.24, 2.45) is 0 Å². The first-order chi connectivity index (χ1) is 11.3. The van der Waals surface area contributed by atoms with Crippen molar-refractivity contribution in [2.75, 3.05) is 0 Å². The Bertz CT molecular complexity index is 914. The van der Waals surface area contributed by atoms with Crippen LogP contribution in [0, 0.1) is 3.57 Å². The number of aromatic nitrogens is 1. The van der Waals surface area contributed by atoms with E-state index >= 15 is 0 Å². The summed E-state index contributed by atoms with van der Waals surface area (Å²) >= 11 is 2.42. The molecule has 114 valence electrons. The van der Waals surface area contributed by atoms with E-state index < -0.39 is 0 Å². The van der Waals surface area contributed by atoms with Gasteiger partial charge in [-0.3, -0.25) is 9.36 Å². The number of para-hydroxylation sites is 1. The lowest BCUT2D eigenvalue weighted by atomic mass is 10.1. The van der Waals surface area contributed by atoms with E-state index in [0.717, 1.165) is 41.8 Å². The number of nitrogens with zero attached hydrogens (tertiary/aromatic N) is 1. The lowest BCUT2D eigenvalue weighted by Gasteiger charge is -2.18. The number of hydrogen-bond acceptors (Lipinski definition) is 1. The molecule has 1 aromatic heterocycles. The molecule has 0 amide bonds. The molecule has 0 spiro atoms. The first kappa shape index (κ1) is 14.7. The average Bonchev–Trinajstić information content (AvgIpc) is 3.10. The van der Waals surface area contributed by atoms with Gasteiger partial charge in [0.05, 0.1) is 5.69 Å². The van der Waals surface area contributed by atoms with Crippen LogP contribution in [0.4, 0.5) is 0 Å². The van der Waals surface area contributed by atoms with Gasteiger partial charge in [0.1, 0.15) is 0 Å². The third-order valence-corrected chi connectivity index (χ3v) is 5.60. The van der Waals surface area contributed by atoms with Crippen LogP contribution in [0.2, 0.25) is 0 Å². The highest BCUT2D eigenvalue weighted by molar-refractivity contribution is 14.1. The Kier molecular flexibility index (Phi) is 3.81. The Hall–Kier alpha value is -1.88. The van der Waals surface area contributed by atoms with Crippen LogP contribution in [0.3, 0.4) is 0 Å². The lowest BCUT2D eigenvalue weighted by Crippen LogP contribution is -2.25. The molecule has 1 aliphatic rings. The van der Waals surface area contributed by atoms with Crippen molar-refractivity contribution in [3.05, 3.63) is 85.7 Å². The number of pyridine rings is 1.